The van der Waals surface area contributed by atoms with Gasteiger partial charge < -0.3 is 20.7 Å². The van der Waals surface area contributed by atoms with E-state index in [0.717, 1.165) is 36.8 Å². The Morgan fingerprint density at radius 3 is 2.29 bits per heavy atom. The number of halogens is 1. The predicted octanol–water partition coefficient (Wildman–Crippen LogP) is 3.19. The number of nitrogens with one attached hydrogen (secondary N) is 3. The Morgan fingerprint density at radius 2 is 1.64 bits per heavy atom. The maximum Gasteiger partial charge on any atom is 0.251 e. The highest BCUT2D eigenvalue weighted by molar-refractivity contribution is 14.0. The maximum absolute atomic E-state index is 12.0. The second-order valence-electron chi connectivity index (χ2n) is 5.95. The Morgan fingerprint density at radius 1 is 0.964 bits per heavy atom. The van der Waals surface area contributed by atoms with Gasteiger partial charge in [-0.3, -0.25) is 4.79 Å². The van der Waals surface area contributed by atoms with Crippen LogP contribution in [-0.2, 0) is 6.54 Å². The van der Waals surface area contributed by atoms with Crippen LogP contribution in [0.1, 0.15) is 29.3 Å². The second-order valence-corrected chi connectivity index (χ2v) is 5.95. The number of carbonyl (C=O) groups is 1. The van der Waals surface area contributed by atoms with Gasteiger partial charge in [0.1, 0.15) is 5.75 Å². The third-order valence-electron chi connectivity index (χ3n) is 3.89. The summed E-state index contributed by atoms with van der Waals surface area (Å²) < 4.78 is 5.16. The van der Waals surface area contributed by atoms with Gasteiger partial charge in [0.05, 0.1) is 13.7 Å². The van der Waals surface area contributed by atoms with Crippen LogP contribution in [0, 0.1) is 0 Å². The van der Waals surface area contributed by atoms with Crippen molar-refractivity contribution in [3.05, 3.63) is 65.7 Å². The Bertz CT molecular complexity index is 721. The topological polar surface area (TPSA) is 74.8 Å². The predicted molar refractivity (Wildman–Crippen MR) is 125 cm³/mol. The monoisotopic (exact) mass is 496 g/mol. The molecule has 152 valence electrons. The molecule has 0 spiro atoms. The van der Waals surface area contributed by atoms with Gasteiger partial charge in [0, 0.05) is 25.2 Å². The van der Waals surface area contributed by atoms with Crippen LogP contribution in [0.15, 0.2) is 59.6 Å². The molecule has 0 aliphatic heterocycles. The van der Waals surface area contributed by atoms with E-state index < -0.39 is 0 Å². The zero-order chi connectivity index (χ0) is 19.3. The minimum Gasteiger partial charge on any atom is -0.497 e. The molecule has 2 aromatic rings. The number of rotatable bonds is 9. The van der Waals surface area contributed by atoms with Gasteiger partial charge in [-0.15, -0.1) is 24.0 Å². The first kappa shape index (κ1) is 23.7. The quantitative estimate of drug-likeness (QED) is 0.216. The number of nitrogens with zero attached hydrogens (tertiary/aromatic N) is 1. The molecule has 0 radical (unpaired) electrons. The van der Waals surface area contributed by atoms with Crippen molar-refractivity contribution in [2.75, 3.05) is 26.7 Å². The molecule has 2 aromatic carbocycles. The summed E-state index contributed by atoms with van der Waals surface area (Å²) >= 11 is 0. The molecule has 0 aliphatic carbocycles. The van der Waals surface area contributed by atoms with Gasteiger partial charge >= 0.3 is 0 Å². The molecule has 0 unspecified atom stereocenters. The number of carbonyl (C=O) groups excluding carboxylic acids is 1. The number of amides is 1. The van der Waals surface area contributed by atoms with E-state index in [0.29, 0.717) is 18.7 Å². The van der Waals surface area contributed by atoms with E-state index in [4.69, 9.17) is 4.74 Å². The zero-order valence-electron chi connectivity index (χ0n) is 16.4. The van der Waals surface area contributed by atoms with Crippen molar-refractivity contribution in [2.45, 2.75) is 19.9 Å². The number of ether oxygens (including phenoxy) is 1. The minimum absolute atomic E-state index is 0. The number of benzene rings is 2. The number of hydrogen-bond donors (Lipinski definition) is 3. The van der Waals surface area contributed by atoms with E-state index in [1.54, 1.807) is 7.11 Å². The summed E-state index contributed by atoms with van der Waals surface area (Å²) in [5.41, 5.74) is 1.79. The lowest BCUT2D eigenvalue weighted by Gasteiger charge is -2.12. The molecule has 0 saturated carbocycles. The number of aliphatic imine (C=N–C) groups is 1. The van der Waals surface area contributed by atoms with Gasteiger partial charge in [0.25, 0.3) is 5.91 Å². The first-order valence-corrected chi connectivity index (χ1v) is 9.21. The number of guanidine groups is 1. The summed E-state index contributed by atoms with van der Waals surface area (Å²) in [5.74, 6) is 1.56. The number of methoxy groups -OCH3 is 1. The molecule has 1 amide bonds. The Hall–Kier alpha value is -2.29. The van der Waals surface area contributed by atoms with Crippen LogP contribution < -0.4 is 20.7 Å². The molecule has 28 heavy (non-hydrogen) atoms. The smallest absolute Gasteiger partial charge is 0.251 e. The fourth-order valence-corrected chi connectivity index (χ4v) is 2.43. The molecule has 0 atom stereocenters. The summed E-state index contributed by atoms with van der Waals surface area (Å²) in [5, 5.41) is 9.44. The summed E-state index contributed by atoms with van der Waals surface area (Å²) in [6.45, 7) is 4.75. The average Bonchev–Trinajstić information content (AvgIpc) is 2.72. The molecule has 2 rings (SSSR count). The SMILES string of the molecule is CCNC(=NCc1ccc(OC)cc1)NCCCNC(=O)c1ccccc1.I. The van der Waals surface area contributed by atoms with Crippen LogP contribution in [0.5, 0.6) is 5.75 Å². The molecular weight excluding hydrogens is 467 g/mol. The Kier molecular flexibility index (Phi) is 11.7. The van der Waals surface area contributed by atoms with Crippen LogP contribution in [-0.4, -0.2) is 38.6 Å². The largest absolute Gasteiger partial charge is 0.497 e. The van der Waals surface area contributed by atoms with Gasteiger partial charge in [-0.05, 0) is 43.2 Å². The van der Waals surface area contributed by atoms with E-state index in [2.05, 4.69) is 20.9 Å². The van der Waals surface area contributed by atoms with Crippen molar-refractivity contribution in [3.63, 3.8) is 0 Å². The molecular formula is C21H29IN4O2. The second kappa shape index (κ2) is 13.8. The van der Waals surface area contributed by atoms with Crippen LogP contribution in [0.2, 0.25) is 0 Å². The summed E-state index contributed by atoms with van der Waals surface area (Å²) in [6.07, 6.45) is 0.811. The molecule has 0 aromatic heterocycles. The van der Waals surface area contributed by atoms with E-state index in [1.807, 2.05) is 61.5 Å². The maximum atomic E-state index is 12.0. The van der Waals surface area contributed by atoms with Crippen molar-refractivity contribution in [1.29, 1.82) is 0 Å². The van der Waals surface area contributed by atoms with E-state index in [9.17, 15) is 4.79 Å². The third kappa shape index (κ3) is 8.60. The molecule has 7 heteroatoms. The normalized spacial score (nSPS) is 10.6. The fourth-order valence-electron chi connectivity index (χ4n) is 2.43. The average molecular weight is 496 g/mol. The van der Waals surface area contributed by atoms with Crippen molar-refractivity contribution in [3.8, 4) is 5.75 Å². The van der Waals surface area contributed by atoms with Crippen molar-refractivity contribution >= 4 is 35.8 Å². The van der Waals surface area contributed by atoms with E-state index in [1.165, 1.54) is 0 Å². The molecule has 3 N–H and O–H groups in total. The standard InChI is InChI=1S/C21H28N4O2.HI/c1-3-22-21(25-16-17-10-12-19(27-2)13-11-17)24-15-7-14-23-20(26)18-8-5-4-6-9-18;/h4-6,8-13H,3,7,14-16H2,1-2H3,(H,23,26)(H2,22,24,25);1H. The van der Waals surface area contributed by atoms with Gasteiger partial charge in [0.2, 0.25) is 0 Å². The molecule has 0 bridgehead atoms. The van der Waals surface area contributed by atoms with Gasteiger partial charge in [-0.25, -0.2) is 4.99 Å². The first-order chi connectivity index (χ1) is 13.2. The Labute approximate surface area is 184 Å². The first-order valence-electron chi connectivity index (χ1n) is 9.21. The van der Waals surface area contributed by atoms with Crippen molar-refractivity contribution < 1.29 is 9.53 Å². The lowest BCUT2D eigenvalue weighted by molar-refractivity contribution is 0.0953. The van der Waals surface area contributed by atoms with E-state index in [-0.39, 0.29) is 29.9 Å². The van der Waals surface area contributed by atoms with Gasteiger partial charge in [-0.1, -0.05) is 30.3 Å². The minimum atomic E-state index is -0.0457. The van der Waals surface area contributed by atoms with Crippen LogP contribution in [0.4, 0.5) is 0 Å². The molecule has 6 nitrogen and oxygen atoms in total. The molecule has 0 fully saturated rings. The van der Waals surface area contributed by atoms with Crippen LogP contribution in [0.3, 0.4) is 0 Å². The van der Waals surface area contributed by atoms with Gasteiger partial charge in [-0.2, -0.15) is 0 Å². The van der Waals surface area contributed by atoms with Crippen LogP contribution >= 0.6 is 24.0 Å². The Balaban J connectivity index is 0.00000392. The fraction of sp³-hybridized carbons (Fsp3) is 0.333. The highest BCUT2D eigenvalue weighted by atomic mass is 127. The van der Waals surface area contributed by atoms with Crippen molar-refractivity contribution in [1.82, 2.24) is 16.0 Å². The van der Waals surface area contributed by atoms with Gasteiger partial charge in [0.15, 0.2) is 5.96 Å². The lowest BCUT2D eigenvalue weighted by atomic mass is 10.2. The lowest BCUT2D eigenvalue weighted by Crippen LogP contribution is -2.38. The molecule has 0 heterocycles. The van der Waals surface area contributed by atoms with Crippen molar-refractivity contribution in [2.24, 2.45) is 4.99 Å². The molecule has 0 saturated heterocycles. The molecule has 0 aliphatic rings. The van der Waals surface area contributed by atoms with E-state index >= 15 is 0 Å². The van der Waals surface area contributed by atoms with Crippen LogP contribution in [0.25, 0.3) is 0 Å². The number of hydrogen-bond acceptors (Lipinski definition) is 3. The summed E-state index contributed by atoms with van der Waals surface area (Å²) in [7, 11) is 1.66. The summed E-state index contributed by atoms with van der Waals surface area (Å²) in [6, 6.07) is 17.1. The highest BCUT2D eigenvalue weighted by Crippen LogP contribution is 2.11. The zero-order valence-corrected chi connectivity index (χ0v) is 18.7. The highest BCUT2D eigenvalue weighted by Gasteiger charge is 2.03. The summed E-state index contributed by atoms with van der Waals surface area (Å²) in [4.78, 5) is 16.6. The third-order valence-corrected chi connectivity index (χ3v) is 3.89.